The maximum Gasteiger partial charge on any atom is 0.264 e. The molecule has 0 aliphatic heterocycles. The van der Waals surface area contributed by atoms with E-state index in [0.717, 1.165) is 47.9 Å². The van der Waals surface area contributed by atoms with Crippen LogP contribution >= 0.6 is 0 Å². The maximum atomic E-state index is 14.2. The fraction of sp³-hybridized carbons (Fsp3) is 0.394. The van der Waals surface area contributed by atoms with Crippen LogP contribution in [-0.4, -0.2) is 43.8 Å². The first-order valence-corrected chi connectivity index (χ1v) is 15.8. The number of carbonyl (C=O) groups excluding carboxylic acids is 2. The van der Waals surface area contributed by atoms with Gasteiger partial charge in [0.15, 0.2) is 0 Å². The number of nitrogens with zero attached hydrogens (tertiary/aromatic N) is 2. The summed E-state index contributed by atoms with van der Waals surface area (Å²) >= 11 is 0. The summed E-state index contributed by atoms with van der Waals surface area (Å²) in [5.41, 5.74) is 4.06. The van der Waals surface area contributed by atoms with Gasteiger partial charge in [0.1, 0.15) is 12.6 Å². The molecule has 0 aromatic heterocycles. The van der Waals surface area contributed by atoms with Crippen LogP contribution in [0.25, 0.3) is 0 Å². The van der Waals surface area contributed by atoms with Gasteiger partial charge in [0.25, 0.3) is 10.0 Å². The van der Waals surface area contributed by atoms with Crippen molar-refractivity contribution in [2.24, 2.45) is 0 Å². The minimum atomic E-state index is -4.09. The van der Waals surface area contributed by atoms with Crippen molar-refractivity contribution >= 4 is 27.5 Å². The molecule has 0 spiro atoms. The minimum absolute atomic E-state index is 0.107. The predicted molar refractivity (Wildman–Crippen MR) is 163 cm³/mol. The normalized spacial score (nSPS) is 14.4. The average Bonchev–Trinajstić information content (AvgIpc) is 3.46. The van der Waals surface area contributed by atoms with E-state index in [4.69, 9.17) is 0 Å². The Kier molecular flexibility index (Phi) is 9.86. The summed E-state index contributed by atoms with van der Waals surface area (Å²) in [5, 5.41) is 3.15. The zero-order valence-corrected chi connectivity index (χ0v) is 25.3. The molecule has 0 radical (unpaired) electrons. The third-order valence-corrected chi connectivity index (χ3v) is 9.61. The van der Waals surface area contributed by atoms with Gasteiger partial charge in [0.05, 0.1) is 10.6 Å². The molecule has 3 aromatic rings. The van der Waals surface area contributed by atoms with Gasteiger partial charge in [-0.05, 0) is 69.4 Å². The molecule has 1 atom stereocenters. The number of sulfonamides is 1. The maximum absolute atomic E-state index is 14.2. The summed E-state index contributed by atoms with van der Waals surface area (Å²) in [7, 11) is -4.09. The van der Waals surface area contributed by atoms with Gasteiger partial charge in [-0.1, -0.05) is 85.5 Å². The van der Waals surface area contributed by atoms with Gasteiger partial charge >= 0.3 is 0 Å². The minimum Gasteiger partial charge on any atom is -0.352 e. The molecule has 3 aromatic carbocycles. The Labute approximate surface area is 244 Å². The second-order valence-corrected chi connectivity index (χ2v) is 12.9. The van der Waals surface area contributed by atoms with Crippen molar-refractivity contribution in [1.29, 1.82) is 0 Å². The van der Waals surface area contributed by atoms with Crippen LogP contribution in [0, 0.1) is 20.8 Å². The second-order valence-electron chi connectivity index (χ2n) is 11.0. The molecule has 1 N–H and O–H groups in total. The number of para-hydroxylation sites is 1. The molecule has 0 saturated heterocycles. The van der Waals surface area contributed by atoms with E-state index in [1.165, 1.54) is 4.31 Å². The summed E-state index contributed by atoms with van der Waals surface area (Å²) in [6.45, 7) is 7.36. The van der Waals surface area contributed by atoms with Gasteiger partial charge in [-0.15, -0.1) is 0 Å². The molecule has 1 saturated carbocycles. The lowest BCUT2D eigenvalue weighted by Crippen LogP contribution is -2.53. The van der Waals surface area contributed by atoms with Crippen LogP contribution in [0.3, 0.4) is 0 Å². The quantitative estimate of drug-likeness (QED) is 0.319. The number of carbonyl (C=O) groups is 2. The fourth-order valence-electron chi connectivity index (χ4n) is 5.37. The number of hydrogen-bond donors (Lipinski definition) is 1. The lowest BCUT2D eigenvalue weighted by atomic mass is 10.1. The molecule has 0 heterocycles. The molecule has 218 valence electrons. The molecular formula is C33H41N3O4S. The predicted octanol–water partition coefficient (Wildman–Crippen LogP) is 5.67. The lowest BCUT2D eigenvalue weighted by Gasteiger charge is -2.34. The molecule has 1 fully saturated rings. The van der Waals surface area contributed by atoms with E-state index in [9.17, 15) is 18.0 Å². The first-order chi connectivity index (χ1) is 19.6. The van der Waals surface area contributed by atoms with Crippen molar-refractivity contribution in [2.75, 3.05) is 10.8 Å². The molecule has 4 rings (SSSR count). The van der Waals surface area contributed by atoms with Gasteiger partial charge in [0, 0.05) is 12.6 Å². The standard InChI is InChI=1S/C33H41N3O4S/c1-5-30(33(38)34-28-11-7-8-12-28)35(22-27-18-14-24(2)15-19-27)32(37)23-36(31-13-9-6-10-26(31)4)41(39,40)29-20-16-25(3)17-21-29/h6,9-10,13-21,28,30H,5,7-8,11-12,22-23H2,1-4H3,(H,34,38)/t30-/m1/s1. The topological polar surface area (TPSA) is 86.8 Å². The highest BCUT2D eigenvalue weighted by atomic mass is 32.2. The summed E-state index contributed by atoms with van der Waals surface area (Å²) in [5.74, 6) is -0.623. The molecule has 41 heavy (non-hydrogen) atoms. The van der Waals surface area contributed by atoms with Gasteiger partial charge in [0.2, 0.25) is 11.8 Å². The van der Waals surface area contributed by atoms with Gasteiger partial charge < -0.3 is 10.2 Å². The monoisotopic (exact) mass is 575 g/mol. The first-order valence-electron chi connectivity index (χ1n) is 14.4. The fourth-order valence-corrected chi connectivity index (χ4v) is 6.85. The Morgan fingerprint density at radius 2 is 1.46 bits per heavy atom. The van der Waals surface area contributed by atoms with E-state index in [2.05, 4.69) is 5.32 Å². The lowest BCUT2D eigenvalue weighted by molar-refractivity contribution is -0.140. The second kappa shape index (κ2) is 13.3. The van der Waals surface area contributed by atoms with E-state index in [0.29, 0.717) is 12.1 Å². The zero-order valence-electron chi connectivity index (χ0n) is 24.5. The van der Waals surface area contributed by atoms with E-state index < -0.39 is 28.5 Å². The molecule has 2 amide bonds. The zero-order chi connectivity index (χ0) is 29.6. The van der Waals surface area contributed by atoms with E-state index >= 15 is 0 Å². The molecule has 1 aliphatic carbocycles. The molecule has 8 heteroatoms. The Bertz CT molecular complexity index is 1450. The Hall–Kier alpha value is -3.65. The van der Waals surface area contributed by atoms with Crippen LogP contribution in [0.1, 0.15) is 61.3 Å². The third-order valence-electron chi connectivity index (χ3n) is 7.83. The van der Waals surface area contributed by atoms with Crippen molar-refractivity contribution in [3.05, 3.63) is 95.1 Å². The number of anilines is 1. The van der Waals surface area contributed by atoms with Crippen molar-refractivity contribution in [2.45, 2.75) is 83.3 Å². The number of rotatable bonds is 11. The van der Waals surface area contributed by atoms with Crippen molar-refractivity contribution in [3.63, 3.8) is 0 Å². The van der Waals surface area contributed by atoms with Gasteiger partial charge in [-0.2, -0.15) is 0 Å². The van der Waals surface area contributed by atoms with Crippen LogP contribution in [0.4, 0.5) is 5.69 Å². The average molecular weight is 576 g/mol. The van der Waals surface area contributed by atoms with Crippen molar-refractivity contribution in [3.8, 4) is 0 Å². The number of nitrogens with one attached hydrogen (secondary N) is 1. The summed E-state index contributed by atoms with van der Waals surface area (Å²) in [6, 6.07) is 21.0. The largest absolute Gasteiger partial charge is 0.352 e. The van der Waals surface area contributed by atoms with Crippen molar-refractivity contribution in [1.82, 2.24) is 10.2 Å². The van der Waals surface area contributed by atoms with Crippen LogP contribution < -0.4 is 9.62 Å². The highest BCUT2D eigenvalue weighted by molar-refractivity contribution is 7.92. The molecule has 1 aliphatic rings. The van der Waals surface area contributed by atoms with Crippen molar-refractivity contribution < 1.29 is 18.0 Å². The summed E-state index contributed by atoms with van der Waals surface area (Å²) in [4.78, 5) is 29.4. The van der Waals surface area contributed by atoms with E-state index in [1.807, 2.05) is 64.1 Å². The van der Waals surface area contributed by atoms with E-state index in [1.54, 1.807) is 41.3 Å². The summed E-state index contributed by atoms with van der Waals surface area (Å²) < 4.78 is 29.2. The molecule has 0 unspecified atom stereocenters. The smallest absolute Gasteiger partial charge is 0.264 e. The molecular weight excluding hydrogens is 534 g/mol. The highest BCUT2D eigenvalue weighted by Crippen LogP contribution is 2.28. The Morgan fingerprint density at radius 1 is 0.878 bits per heavy atom. The van der Waals surface area contributed by atoms with Crippen LogP contribution in [0.15, 0.2) is 77.7 Å². The van der Waals surface area contributed by atoms with Crippen LogP contribution in [0.2, 0.25) is 0 Å². The molecule has 7 nitrogen and oxygen atoms in total. The number of benzene rings is 3. The Morgan fingerprint density at radius 3 is 2.05 bits per heavy atom. The van der Waals surface area contributed by atoms with Gasteiger partial charge in [-0.3, -0.25) is 13.9 Å². The van der Waals surface area contributed by atoms with Gasteiger partial charge in [-0.25, -0.2) is 8.42 Å². The SMILES string of the molecule is CC[C@H](C(=O)NC1CCCC1)N(Cc1ccc(C)cc1)C(=O)CN(c1ccccc1C)S(=O)(=O)c1ccc(C)cc1. The third kappa shape index (κ3) is 7.36. The molecule has 0 bridgehead atoms. The van der Waals surface area contributed by atoms with Crippen LogP contribution in [-0.2, 0) is 26.2 Å². The first kappa shape index (κ1) is 30.3. The summed E-state index contributed by atoms with van der Waals surface area (Å²) in [6.07, 6.45) is 4.44. The number of hydrogen-bond acceptors (Lipinski definition) is 4. The number of amides is 2. The Balaban J connectivity index is 1.72. The van der Waals surface area contributed by atoms with Crippen LogP contribution in [0.5, 0.6) is 0 Å². The number of aryl methyl sites for hydroxylation is 3. The van der Waals surface area contributed by atoms with E-state index in [-0.39, 0.29) is 23.4 Å². The highest BCUT2D eigenvalue weighted by Gasteiger charge is 2.35.